The van der Waals surface area contributed by atoms with Crippen molar-refractivity contribution in [2.24, 2.45) is 0 Å². The third-order valence-electron chi connectivity index (χ3n) is 3.04. The van der Waals surface area contributed by atoms with E-state index in [1.165, 1.54) is 4.57 Å². The van der Waals surface area contributed by atoms with E-state index in [4.69, 9.17) is 0 Å². The molecule has 6 heteroatoms. The van der Waals surface area contributed by atoms with Gasteiger partial charge in [-0.15, -0.1) is 0 Å². The van der Waals surface area contributed by atoms with Crippen LogP contribution in [0.5, 0.6) is 0 Å². The summed E-state index contributed by atoms with van der Waals surface area (Å²) in [4.78, 5) is 24.4. The van der Waals surface area contributed by atoms with E-state index in [0.717, 1.165) is 10.0 Å². The first kappa shape index (κ1) is 16.0. The van der Waals surface area contributed by atoms with Crippen LogP contribution in [-0.4, -0.2) is 10.5 Å². The van der Waals surface area contributed by atoms with Gasteiger partial charge in [0, 0.05) is 16.4 Å². The maximum atomic E-state index is 12.3. The molecule has 1 N–H and O–H groups in total. The predicted molar refractivity (Wildman–Crippen MR) is 90.6 cm³/mol. The second-order valence-corrected chi connectivity index (χ2v) is 6.52. The van der Waals surface area contributed by atoms with Crippen LogP contribution in [0.4, 0.5) is 5.69 Å². The lowest BCUT2D eigenvalue weighted by Gasteiger charge is -2.16. The van der Waals surface area contributed by atoms with Crippen LogP contribution in [0.3, 0.4) is 0 Å². The fraction of sp³-hybridized carbons (Fsp3) is 0.200. The Hall–Kier alpha value is -1.40. The first-order chi connectivity index (χ1) is 9.88. The smallest absolute Gasteiger partial charge is 0.265 e. The lowest BCUT2D eigenvalue weighted by molar-refractivity contribution is -0.118. The molecule has 0 saturated carbocycles. The minimum atomic E-state index is -0.600. The van der Waals surface area contributed by atoms with Crippen LogP contribution in [0.15, 0.2) is 50.3 Å². The molecule has 1 heterocycles. The van der Waals surface area contributed by atoms with Crippen LogP contribution < -0.4 is 10.9 Å². The number of pyridine rings is 1. The largest absolute Gasteiger partial charge is 0.324 e. The summed E-state index contributed by atoms with van der Waals surface area (Å²) < 4.78 is 2.81. The number of aryl methyl sites for hydroxylation is 1. The molecule has 0 bridgehead atoms. The Kier molecular flexibility index (Phi) is 5.00. The van der Waals surface area contributed by atoms with Gasteiger partial charge >= 0.3 is 0 Å². The lowest BCUT2D eigenvalue weighted by atomic mass is 10.2. The third-order valence-corrected chi connectivity index (χ3v) is 4.14. The maximum absolute atomic E-state index is 12.3. The van der Waals surface area contributed by atoms with Gasteiger partial charge in [-0.3, -0.25) is 9.59 Å². The first-order valence-electron chi connectivity index (χ1n) is 6.33. The molecule has 0 radical (unpaired) electrons. The summed E-state index contributed by atoms with van der Waals surface area (Å²) in [6, 6.07) is 8.41. The zero-order valence-corrected chi connectivity index (χ0v) is 14.7. The van der Waals surface area contributed by atoms with Crippen LogP contribution in [0, 0.1) is 6.92 Å². The molecule has 0 aliphatic carbocycles. The number of carbonyl (C=O) groups is 1. The summed E-state index contributed by atoms with van der Waals surface area (Å²) in [6.45, 7) is 3.57. The van der Waals surface area contributed by atoms with Gasteiger partial charge in [-0.2, -0.15) is 0 Å². The van der Waals surface area contributed by atoms with Crippen molar-refractivity contribution in [2.75, 3.05) is 5.32 Å². The molecule has 2 aromatic rings. The number of aromatic nitrogens is 1. The minimum absolute atomic E-state index is 0.223. The number of amides is 1. The van der Waals surface area contributed by atoms with E-state index in [1.807, 2.05) is 19.1 Å². The molecule has 0 aliphatic heterocycles. The average molecular weight is 414 g/mol. The summed E-state index contributed by atoms with van der Waals surface area (Å²) in [6.07, 6.45) is 1.68. The number of benzene rings is 1. The molecule has 0 spiro atoms. The summed E-state index contributed by atoms with van der Waals surface area (Å²) in [5, 5.41) is 2.80. The van der Waals surface area contributed by atoms with E-state index < -0.39 is 6.04 Å². The highest BCUT2D eigenvalue weighted by Gasteiger charge is 2.17. The van der Waals surface area contributed by atoms with Crippen LogP contribution in [-0.2, 0) is 4.79 Å². The quantitative estimate of drug-likeness (QED) is 0.829. The van der Waals surface area contributed by atoms with Crippen molar-refractivity contribution in [3.8, 4) is 0 Å². The molecule has 0 aliphatic rings. The fourth-order valence-electron chi connectivity index (χ4n) is 1.89. The number of anilines is 1. The molecule has 1 amide bonds. The Morgan fingerprint density at radius 3 is 2.48 bits per heavy atom. The van der Waals surface area contributed by atoms with Gasteiger partial charge in [0.25, 0.3) is 5.56 Å². The first-order valence-corrected chi connectivity index (χ1v) is 7.92. The molecule has 1 unspecified atom stereocenters. The highest BCUT2D eigenvalue weighted by Crippen LogP contribution is 2.16. The standard InChI is InChI=1S/C15H14Br2N2O2/c1-9-7-13(17)15(21)19(8-9)10(2)14(20)18-12-5-3-11(16)4-6-12/h3-8,10H,1-2H3,(H,18,20). The van der Waals surface area contributed by atoms with Crippen molar-refractivity contribution in [3.63, 3.8) is 0 Å². The third kappa shape index (κ3) is 3.83. The van der Waals surface area contributed by atoms with E-state index in [-0.39, 0.29) is 11.5 Å². The second kappa shape index (κ2) is 6.58. The van der Waals surface area contributed by atoms with Crippen LogP contribution >= 0.6 is 31.9 Å². The van der Waals surface area contributed by atoms with E-state index >= 15 is 0 Å². The van der Waals surface area contributed by atoms with Gasteiger partial charge in [-0.1, -0.05) is 15.9 Å². The van der Waals surface area contributed by atoms with Gasteiger partial charge in [0.1, 0.15) is 6.04 Å². The lowest BCUT2D eigenvalue weighted by Crippen LogP contribution is -2.31. The number of halogens is 2. The van der Waals surface area contributed by atoms with Gasteiger partial charge in [-0.25, -0.2) is 0 Å². The van der Waals surface area contributed by atoms with Gasteiger partial charge in [0.15, 0.2) is 0 Å². The zero-order chi connectivity index (χ0) is 15.6. The van der Waals surface area contributed by atoms with Gasteiger partial charge in [0.05, 0.1) is 4.47 Å². The van der Waals surface area contributed by atoms with Gasteiger partial charge < -0.3 is 9.88 Å². The van der Waals surface area contributed by atoms with Gasteiger partial charge in [-0.05, 0) is 65.7 Å². The van der Waals surface area contributed by atoms with Crippen molar-refractivity contribution in [1.29, 1.82) is 0 Å². The van der Waals surface area contributed by atoms with Crippen molar-refractivity contribution in [3.05, 3.63) is 61.4 Å². The molecule has 110 valence electrons. The molecular formula is C15H14Br2N2O2. The summed E-state index contributed by atoms with van der Waals surface area (Å²) in [7, 11) is 0. The van der Waals surface area contributed by atoms with E-state index in [0.29, 0.717) is 10.2 Å². The normalized spacial score (nSPS) is 12.0. The Morgan fingerprint density at radius 1 is 1.24 bits per heavy atom. The van der Waals surface area contributed by atoms with E-state index in [2.05, 4.69) is 37.2 Å². The van der Waals surface area contributed by atoms with Crippen molar-refractivity contribution in [2.45, 2.75) is 19.9 Å². The molecule has 2 rings (SSSR count). The minimum Gasteiger partial charge on any atom is -0.324 e. The SMILES string of the molecule is Cc1cc(Br)c(=O)n(C(C)C(=O)Nc2ccc(Br)cc2)c1. The molecule has 0 fully saturated rings. The van der Waals surface area contributed by atoms with Crippen molar-refractivity contribution >= 4 is 43.5 Å². The zero-order valence-electron chi connectivity index (χ0n) is 11.6. The van der Waals surface area contributed by atoms with Crippen molar-refractivity contribution in [1.82, 2.24) is 4.57 Å². The Morgan fingerprint density at radius 2 is 1.86 bits per heavy atom. The van der Waals surface area contributed by atoms with E-state index in [9.17, 15) is 9.59 Å². The second-order valence-electron chi connectivity index (χ2n) is 4.75. The molecule has 4 nitrogen and oxygen atoms in total. The fourth-order valence-corrected chi connectivity index (χ4v) is 2.72. The molecule has 21 heavy (non-hydrogen) atoms. The number of nitrogens with zero attached hydrogens (tertiary/aromatic N) is 1. The number of nitrogens with one attached hydrogen (secondary N) is 1. The Bertz CT molecular complexity index is 723. The molecule has 1 aromatic carbocycles. The molecule has 0 saturated heterocycles. The predicted octanol–water partition coefficient (Wildman–Crippen LogP) is 3.88. The Balaban J connectivity index is 2.23. The monoisotopic (exact) mass is 412 g/mol. The highest BCUT2D eigenvalue weighted by atomic mass is 79.9. The number of carbonyl (C=O) groups excluding carboxylic acids is 1. The number of hydrogen-bond donors (Lipinski definition) is 1. The highest BCUT2D eigenvalue weighted by molar-refractivity contribution is 9.10. The summed E-state index contributed by atoms with van der Waals surface area (Å²) in [5.74, 6) is -0.239. The van der Waals surface area contributed by atoms with Crippen molar-refractivity contribution < 1.29 is 4.79 Å². The van der Waals surface area contributed by atoms with E-state index in [1.54, 1.807) is 31.3 Å². The number of hydrogen-bond acceptors (Lipinski definition) is 2. The van der Waals surface area contributed by atoms with Crippen LogP contribution in [0.1, 0.15) is 18.5 Å². The molecular weight excluding hydrogens is 400 g/mol. The summed E-state index contributed by atoms with van der Waals surface area (Å²) >= 11 is 6.56. The topological polar surface area (TPSA) is 51.1 Å². The maximum Gasteiger partial charge on any atom is 0.265 e. The molecule has 1 aromatic heterocycles. The van der Waals surface area contributed by atoms with Gasteiger partial charge in [0.2, 0.25) is 5.91 Å². The van der Waals surface area contributed by atoms with Crippen LogP contribution in [0.2, 0.25) is 0 Å². The van der Waals surface area contributed by atoms with Crippen LogP contribution in [0.25, 0.3) is 0 Å². The number of rotatable bonds is 3. The Labute approximate surface area is 139 Å². The average Bonchev–Trinajstić information content (AvgIpc) is 2.44. The summed E-state index contributed by atoms with van der Waals surface area (Å²) in [5.41, 5.74) is 1.37. The molecule has 1 atom stereocenters.